The minimum Gasteiger partial charge on any atom is -0.244 e. The summed E-state index contributed by atoms with van der Waals surface area (Å²) in [6.07, 6.45) is 0. The van der Waals surface area contributed by atoms with Crippen LogP contribution in [0.4, 0.5) is 0 Å². The first-order valence-corrected chi connectivity index (χ1v) is 15.3. The van der Waals surface area contributed by atoms with Gasteiger partial charge in [-0.25, -0.2) is 29.9 Å². The van der Waals surface area contributed by atoms with Gasteiger partial charge in [0.25, 0.3) is 0 Å². The number of benzene rings is 8. The first kappa shape index (κ1) is 24.0. The van der Waals surface area contributed by atoms with Gasteiger partial charge in [0.15, 0.2) is 0 Å². The topological polar surface area (TPSA) is 77.3 Å². The van der Waals surface area contributed by atoms with E-state index in [0.717, 1.165) is 87.7 Å². The van der Waals surface area contributed by atoms with Crippen LogP contribution in [0.5, 0.6) is 0 Å². The number of nitrogens with zero attached hydrogens (tertiary/aromatic N) is 6. The van der Waals surface area contributed by atoms with E-state index in [0.29, 0.717) is 0 Å². The third-order valence-corrected chi connectivity index (χ3v) is 9.31. The summed E-state index contributed by atoms with van der Waals surface area (Å²) in [5.41, 5.74) is 9.80. The molecule has 0 aliphatic carbocycles. The van der Waals surface area contributed by atoms with Crippen molar-refractivity contribution in [2.24, 2.45) is 0 Å². The van der Waals surface area contributed by atoms with Crippen molar-refractivity contribution in [3.63, 3.8) is 0 Å². The van der Waals surface area contributed by atoms with Crippen molar-refractivity contribution in [1.82, 2.24) is 29.9 Å². The Balaban J connectivity index is 1.20. The number of fused-ring (bicyclic) bond motifs is 16. The fourth-order valence-electron chi connectivity index (χ4n) is 7.23. The molecule has 8 aromatic carbocycles. The summed E-state index contributed by atoms with van der Waals surface area (Å²) in [6.45, 7) is 0. The van der Waals surface area contributed by atoms with E-state index < -0.39 is 0 Å². The summed E-state index contributed by atoms with van der Waals surface area (Å²) >= 11 is 0. The lowest BCUT2D eigenvalue weighted by molar-refractivity contribution is 1.36. The highest BCUT2D eigenvalue weighted by atomic mass is 14.9. The molecule has 11 rings (SSSR count). The average Bonchev–Trinajstić information content (AvgIpc) is 3.11. The summed E-state index contributed by atoms with van der Waals surface area (Å²) in [4.78, 5) is 30.8. The van der Waals surface area contributed by atoms with E-state index in [1.54, 1.807) is 0 Å². The molecular weight excluding hydrogens is 564 g/mol. The number of rotatable bonds is 0. The van der Waals surface area contributed by atoms with Crippen LogP contribution in [-0.2, 0) is 0 Å². The van der Waals surface area contributed by atoms with Gasteiger partial charge in [0.2, 0.25) is 0 Å². The zero-order valence-electron chi connectivity index (χ0n) is 24.2. The molecule has 0 N–H and O–H groups in total. The Morgan fingerprint density at radius 2 is 0.413 bits per heavy atom. The van der Waals surface area contributed by atoms with E-state index in [4.69, 9.17) is 29.9 Å². The highest BCUT2D eigenvalue weighted by molar-refractivity contribution is 6.25. The Kier molecular flexibility index (Phi) is 4.49. The van der Waals surface area contributed by atoms with Gasteiger partial charge in [0, 0.05) is 21.5 Å². The van der Waals surface area contributed by atoms with E-state index >= 15 is 0 Å². The zero-order valence-corrected chi connectivity index (χ0v) is 24.2. The monoisotopic (exact) mass is 584 g/mol. The molecule has 0 atom stereocenters. The molecule has 0 bridgehead atoms. The first-order chi connectivity index (χ1) is 22.8. The Labute approximate surface area is 260 Å². The SMILES string of the molecule is c1ccc2c(c1)c1ccccc1c1nc3cc4nc5cc6nc7c8ccccc8c8ccccc8c7nc6cc5nc4cc3nc21. The molecule has 6 nitrogen and oxygen atoms in total. The van der Waals surface area contributed by atoms with Crippen LogP contribution in [0.25, 0.3) is 109 Å². The van der Waals surface area contributed by atoms with Crippen LogP contribution in [0, 0.1) is 0 Å². The summed E-state index contributed by atoms with van der Waals surface area (Å²) in [7, 11) is 0. The average molecular weight is 585 g/mol. The third-order valence-electron chi connectivity index (χ3n) is 9.31. The molecule has 0 spiro atoms. The Hall–Kier alpha value is -6.40. The Morgan fingerprint density at radius 1 is 0.217 bits per heavy atom. The van der Waals surface area contributed by atoms with Gasteiger partial charge in [-0.3, -0.25) is 0 Å². The third kappa shape index (κ3) is 3.19. The van der Waals surface area contributed by atoms with Crippen molar-refractivity contribution in [1.29, 1.82) is 0 Å². The maximum atomic E-state index is 5.17. The van der Waals surface area contributed by atoms with E-state index in [1.165, 1.54) is 21.5 Å². The maximum Gasteiger partial charge on any atom is 0.0979 e. The number of hydrogen-bond donors (Lipinski definition) is 0. The van der Waals surface area contributed by atoms with Crippen LogP contribution in [0.3, 0.4) is 0 Å². The van der Waals surface area contributed by atoms with Crippen LogP contribution < -0.4 is 0 Å². The van der Waals surface area contributed by atoms with Crippen LogP contribution >= 0.6 is 0 Å². The summed E-state index contributed by atoms with van der Waals surface area (Å²) in [5, 5.41) is 9.06. The van der Waals surface area contributed by atoms with Gasteiger partial charge < -0.3 is 0 Å². The molecule has 0 aliphatic heterocycles. The second kappa shape index (κ2) is 8.61. The Bertz CT molecular complexity index is 2730. The van der Waals surface area contributed by atoms with Crippen molar-refractivity contribution >= 4 is 109 Å². The molecule has 0 amide bonds. The van der Waals surface area contributed by atoms with Gasteiger partial charge in [-0.1, -0.05) is 97.1 Å². The second-order valence-corrected chi connectivity index (χ2v) is 11.9. The van der Waals surface area contributed by atoms with Gasteiger partial charge in [-0.15, -0.1) is 0 Å². The molecule has 3 heterocycles. The van der Waals surface area contributed by atoms with E-state index in [9.17, 15) is 0 Å². The molecule has 0 unspecified atom stereocenters. The number of hydrogen-bond acceptors (Lipinski definition) is 6. The minimum atomic E-state index is 0.767. The van der Waals surface area contributed by atoms with Gasteiger partial charge in [0.05, 0.1) is 66.2 Å². The normalized spacial score (nSPS) is 12.3. The number of aromatic nitrogens is 6. The standard InChI is InChI=1S/C40H20N6/c1-5-13-25-21(9-1)22-10-2-6-14-26(22)38-37(25)43-33-17-29-30(18-34(33)44-38)42-32-20-36-35(19-31(32)41-29)45-39-27-15-7-3-11-23(27)24-12-4-8-16-28(24)40(39)46-36/h1-20H. The van der Waals surface area contributed by atoms with Crippen LogP contribution in [0.15, 0.2) is 121 Å². The first-order valence-electron chi connectivity index (χ1n) is 15.3. The molecule has 0 saturated carbocycles. The van der Waals surface area contributed by atoms with E-state index in [1.807, 2.05) is 24.3 Å². The zero-order chi connectivity index (χ0) is 29.9. The smallest absolute Gasteiger partial charge is 0.0979 e. The molecule has 0 fully saturated rings. The molecule has 0 radical (unpaired) electrons. The van der Waals surface area contributed by atoms with Crippen molar-refractivity contribution in [3.8, 4) is 0 Å². The van der Waals surface area contributed by atoms with Gasteiger partial charge in [-0.2, -0.15) is 0 Å². The van der Waals surface area contributed by atoms with Crippen molar-refractivity contribution < 1.29 is 0 Å². The minimum absolute atomic E-state index is 0.767. The summed E-state index contributed by atoms with van der Waals surface area (Å²) in [6, 6.07) is 41.7. The predicted octanol–water partition coefficient (Wildman–Crippen LogP) is 9.59. The Morgan fingerprint density at radius 3 is 0.652 bits per heavy atom. The van der Waals surface area contributed by atoms with E-state index in [-0.39, 0.29) is 0 Å². The lowest BCUT2D eigenvalue weighted by Gasteiger charge is -2.11. The summed E-state index contributed by atoms with van der Waals surface area (Å²) < 4.78 is 0. The molecule has 0 aliphatic rings. The molecule has 6 heteroatoms. The second-order valence-electron chi connectivity index (χ2n) is 11.9. The van der Waals surface area contributed by atoms with Crippen LogP contribution in [-0.4, -0.2) is 29.9 Å². The van der Waals surface area contributed by atoms with Gasteiger partial charge in [-0.05, 0) is 45.8 Å². The molecular formula is C40H20N6. The molecule has 46 heavy (non-hydrogen) atoms. The highest BCUT2D eigenvalue weighted by Gasteiger charge is 2.16. The van der Waals surface area contributed by atoms with Crippen LogP contribution in [0.1, 0.15) is 0 Å². The summed E-state index contributed by atoms with van der Waals surface area (Å²) in [5.74, 6) is 0. The fraction of sp³-hybridized carbons (Fsp3) is 0. The van der Waals surface area contributed by atoms with Gasteiger partial charge >= 0.3 is 0 Å². The molecule has 3 aromatic heterocycles. The molecule has 210 valence electrons. The van der Waals surface area contributed by atoms with Gasteiger partial charge in [0.1, 0.15) is 0 Å². The van der Waals surface area contributed by atoms with Crippen molar-refractivity contribution in [2.75, 3.05) is 0 Å². The van der Waals surface area contributed by atoms with Crippen molar-refractivity contribution in [2.45, 2.75) is 0 Å². The quantitative estimate of drug-likeness (QED) is 0.130. The van der Waals surface area contributed by atoms with Crippen molar-refractivity contribution in [3.05, 3.63) is 121 Å². The lowest BCUT2D eigenvalue weighted by atomic mass is 9.99. The molecule has 11 aromatic rings. The maximum absolute atomic E-state index is 5.17. The highest BCUT2D eigenvalue weighted by Crippen LogP contribution is 2.36. The van der Waals surface area contributed by atoms with E-state index in [2.05, 4.69) is 97.1 Å². The lowest BCUT2D eigenvalue weighted by Crippen LogP contribution is -1.95. The molecule has 0 saturated heterocycles. The predicted molar refractivity (Wildman–Crippen MR) is 188 cm³/mol. The van der Waals surface area contributed by atoms with Crippen LogP contribution in [0.2, 0.25) is 0 Å². The fourth-order valence-corrected chi connectivity index (χ4v) is 7.23. The largest absolute Gasteiger partial charge is 0.244 e.